The minimum absolute atomic E-state index is 0.0245. The summed E-state index contributed by atoms with van der Waals surface area (Å²) in [5, 5.41) is 2.98. The lowest BCUT2D eigenvalue weighted by Crippen LogP contribution is -2.21. The molecular weight excluding hydrogens is 402 g/mol. The van der Waals surface area contributed by atoms with Crippen molar-refractivity contribution in [1.82, 2.24) is 0 Å². The summed E-state index contributed by atoms with van der Waals surface area (Å²) < 4.78 is 6.66. The van der Waals surface area contributed by atoms with Gasteiger partial charge >= 0.3 is 0 Å². The smallest absolute Gasteiger partial charge is 0.262 e. The maximum Gasteiger partial charge on any atom is 0.262 e. The van der Waals surface area contributed by atoms with Crippen molar-refractivity contribution >= 4 is 27.5 Å². The zero-order valence-corrected chi connectivity index (χ0v) is 17.0. The molecule has 3 aromatic rings. The van der Waals surface area contributed by atoms with Crippen LogP contribution in [-0.2, 0) is 11.2 Å². The van der Waals surface area contributed by atoms with E-state index in [0.717, 1.165) is 38.8 Å². The van der Waals surface area contributed by atoms with Crippen LogP contribution in [0.1, 0.15) is 18.1 Å². The van der Waals surface area contributed by atoms with E-state index in [-0.39, 0.29) is 12.5 Å². The molecule has 138 valence electrons. The van der Waals surface area contributed by atoms with Gasteiger partial charge in [0, 0.05) is 10.2 Å². The molecule has 0 aromatic heterocycles. The second-order valence-electron chi connectivity index (χ2n) is 6.34. The molecule has 0 atom stereocenters. The second-order valence-corrected chi connectivity index (χ2v) is 7.25. The van der Waals surface area contributed by atoms with E-state index in [4.69, 9.17) is 4.74 Å². The standard InChI is InChI=1S/C23H22BrNO2/c1-3-17-14-20(24)13-16(2)23(17)25-22(26)15-27-21-11-9-19(10-12-21)18-7-5-4-6-8-18/h4-14H,3,15H2,1-2H3,(H,25,26). The Kier molecular flexibility index (Phi) is 6.30. The Morgan fingerprint density at radius 2 is 1.67 bits per heavy atom. The maximum atomic E-state index is 12.3. The quantitative estimate of drug-likeness (QED) is 0.527. The monoisotopic (exact) mass is 423 g/mol. The van der Waals surface area contributed by atoms with Crippen LogP contribution in [0.2, 0.25) is 0 Å². The van der Waals surface area contributed by atoms with Gasteiger partial charge < -0.3 is 10.1 Å². The van der Waals surface area contributed by atoms with Gasteiger partial charge in [-0.05, 0) is 59.9 Å². The van der Waals surface area contributed by atoms with Gasteiger partial charge in [0.2, 0.25) is 0 Å². The van der Waals surface area contributed by atoms with E-state index < -0.39 is 0 Å². The Balaban J connectivity index is 1.61. The molecule has 0 saturated carbocycles. The van der Waals surface area contributed by atoms with Crippen LogP contribution in [0.25, 0.3) is 11.1 Å². The third-order valence-electron chi connectivity index (χ3n) is 4.36. The Hall–Kier alpha value is -2.59. The normalized spacial score (nSPS) is 10.5. The number of rotatable bonds is 6. The number of ether oxygens (including phenoxy) is 1. The van der Waals surface area contributed by atoms with Crippen molar-refractivity contribution in [2.24, 2.45) is 0 Å². The van der Waals surface area contributed by atoms with E-state index >= 15 is 0 Å². The lowest BCUT2D eigenvalue weighted by Gasteiger charge is -2.14. The summed E-state index contributed by atoms with van der Waals surface area (Å²) in [4.78, 5) is 12.3. The van der Waals surface area contributed by atoms with Gasteiger partial charge in [-0.3, -0.25) is 4.79 Å². The fraction of sp³-hybridized carbons (Fsp3) is 0.174. The van der Waals surface area contributed by atoms with Gasteiger partial charge in [-0.25, -0.2) is 0 Å². The van der Waals surface area contributed by atoms with Crippen molar-refractivity contribution in [2.75, 3.05) is 11.9 Å². The summed E-state index contributed by atoms with van der Waals surface area (Å²) in [7, 11) is 0. The molecule has 0 saturated heterocycles. The number of hydrogen-bond acceptors (Lipinski definition) is 2. The van der Waals surface area contributed by atoms with E-state index in [9.17, 15) is 4.79 Å². The molecule has 3 rings (SSSR count). The number of carbonyl (C=O) groups excluding carboxylic acids is 1. The highest BCUT2D eigenvalue weighted by atomic mass is 79.9. The number of anilines is 1. The Morgan fingerprint density at radius 3 is 2.33 bits per heavy atom. The summed E-state index contributed by atoms with van der Waals surface area (Å²) >= 11 is 3.50. The fourth-order valence-electron chi connectivity index (χ4n) is 2.97. The summed E-state index contributed by atoms with van der Waals surface area (Å²) in [5.74, 6) is 0.510. The van der Waals surface area contributed by atoms with Crippen LogP contribution in [-0.4, -0.2) is 12.5 Å². The van der Waals surface area contributed by atoms with Crippen LogP contribution >= 0.6 is 15.9 Å². The molecule has 0 aliphatic heterocycles. The van der Waals surface area contributed by atoms with Crippen molar-refractivity contribution < 1.29 is 9.53 Å². The summed E-state index contributed by atoms with van der Waals surface area (Å²) in [6.45, 7) is 4.04. The highest BCUT2D eigenvalue weighted by Crippen LogP contribution is 2.26. The van der Waals surface area contributed by atoms with Crippen LogP contribution in [0.5, 0.6) is 5.75 Å². The third kappa shape index (κ3) is 4.98. The number of amides is 1. The van der Waals surface area contributed by atoms with Gasteiger partial charge in [0.1, 0.15) is 5.75 Å². The van der Waals surface area contributed by atoms with Crippen LogP contribution < -0.4 is 10.1 Å². The highest BCUT2D eigenvalue weighted by molar-refractivity contribution is 9.10. The fourth-order valence-corrected chi connectivity index (χ4v) is 3.59. The van der Waals surface area contributed by atoms with Crippen molar-refractivity contribution in [2.45, 2.75) is 20.3 Å². The zero-order chi connectivity index (χ0) is 19.2. The molecule has 1 N–H and O–H groups in total. The first kappa shape index (κ1) is 19.2. The van der Waals surface area contributed by atoms with Gasteiger partial charge in [0.25, 0.3) is 5.91 Å². The predicted octanol–water partition coefficient (Wildman–Crippen LogP) is 6.00. The predicted molar refractivity (Wildman–Crippen MR) is 114 cm³/mol. The number of benzene rings is 3. The van der Waals surface area contributed by atoms with E-state index in [0.29, 0.717) is 5.75 Å². The Labute approximate surface area is 168 Å². The number of carbonyl (C=O) groups is 1. The van der Waals surface area contributed by atoms with Crippen LogP contribution in [0.4, 0.5) is 5.69 Å². The molecule has 0 spiro atoms. The molecule has 4 heteroatoms. The van der Waals surface area contributed by atoms with Gasteiger partial charge in [0.05, 0.1) is 0 Å². The highest BCUT2D eigenvalue weighted by Gasteiger charge is 2.11. The van der Waals surface area contributed by atoms with E-state index in [1.165, 1.54) is 0 Å². The molecular formula is C23H22BrNO2. The molecule has 0 bridgehead atoms. The minimum atomic E-state index is -0.165. The number of halogens is 1. The molecule has 0 aliphatic carbocycles. The zero-order valence-electron chi connectivity index (χ0n) is 15.5. The van der Waals surface area contributed by atoms with Gasteiger partial charge in [-0.15, -0.1) is 0 Å². The molecule has 0 unspecified atom stereocenters. The third-order valence-corrected chi connectivity index (χ3v) is 4.82. The molecule has 0 radical (unpaired) electrons. The summed E-state index contributed by atoms with van der Waals surface area (Å²) in [6, 6.07) is 21.9. The first-order chi connectivity index (χ1) is 13.1. The van der Waals surface area contributed by atoms with E-state index in [1.807, 2.05) is 61.5 Å². The SMILES string of the molecule is CCc1cc(Br)cc(C)c1NC(=O)COc1ccc(-c2ccccc2)cc1. The molecule has 1 amide bonds. The molecule has 3 nitrogen and oxygen atoms in total. The van der Waals surface area contributed by atoms with Crippen molar-refractivity contribution in [3.63, 3.8) is 0 Å². The summed E-state index contributed by atoms with van der Waals surface area (Å²) in [6.07, 6.45) is 0.845. The average molecular weight is 424 g/mol. The maximum absolute atomic E-state index is 12.3. The first-order valence-corrected chi connectivity index (χ1v) is 9.73. The molecule has 0 heterocycles. The molecule has 0 fully saturated rings. The van der Waals surface area contributed by atoms with Crippen LogP contribution in [0.15, 0.2) is 71.2 Å². The van der Waals surface area contributed by atoms with Crippen molar-refractivity contribution in [3.05, 3.63) is 82.3 Å². The van der Waals surface area contributed by atoms with Gasteiger partial charge in [-0.1, -0.05) is 65.3 Å². The minimum Gasteiger partial charge on any atom is -0.484 e. The summed E-state index contributed by atoms with van der Waals surface area (Å²) in [5.41, 5.74) is 5.27. The van der Waals surface area contributed by atoms with Crippen LogP contribution in [0, 0.1) is 6.92 Å². The molecule has 0 aliphatic rings. The van der Waals surface area contributed by atoms with Crippen LogP contribution in [0.3, 0.4) is 0 Å². The lowest BCUT2D eigenvalue weighted by atomic mass is 10.1. The first-order valence-electron chi connectivity index (χ1n) is 8.94. The average Bonchev–Trinajstić information content (AvgIpc) is 2.69. The van der Waals surface area contributed by atoms with Crippen molar-refractivity contribution in [3.8, 4) is 16.9 Å². The topological polar surface area (TPSA) is 38.3 Å². The van der Waals surface area contributed by atoms with Crippen molar-refractivity contribution in [1.29, 1.82) is 0 Å². The number of aryl methyl sites for hydroxylation is 2. The largest absolute Gasteiger partial charge is 0.484 e. The van der Waals surface area contributed by atoms with E-state index in [2.05, 4.69) is 40.3 Å². The number of hydrogen-bond donors (Lipinski definition) is 1. The van der Waals surface area contributed by atoms with Gasteiger partial charge in [0.15, 0.2) is 6.61 Å². The Morgan fingerprint density at radius 1 is 1.00 bits per heavy atom. The lowest BCUT2D eigenvalue weighted by molar-refractivity contribution is -0.118. The number of nitrogens with one attached hydrogen (secondary N) is 1. The Bertz CT molecular complexity index is 921. The second kappa shape index (κ2) is 8.87. The van der Waals surface area contributed by atoms with Gasteiger partial charge in [-0.2, -0.15) is 0 Å². The molecule has 27 heavy (non-hydrogen) atoms. The molecule has 3 aromatic carbocycles. The van der Waals surface area contributed by atoms with E-state index in [1.54, 1.807) is 0 Å².